The molecule has 0 heterocycles. The van der Waals surface area contributed by atoms with Crippen LogP contribution in [0.4, 0.5) is 10.1 Å². The van der Waals surface area contributed by atoms with Gasteiger partial charge in [-0.3, -0.25) is 0 Å². The number of aliphatic hydroxyl groups excluding tert-OH is 1. The number of anilines is 1. The molecule has 0 fully saturated rings. The fourth-order valence-corrected chi connectivity index (χ4v) is 2.14. The summed E-state index contributed by atoms with van der Waals surface area (Å²) in [5, 5.41) is 12.1. The Balaban J connectivity index is 2.69. The number of nitrogens with one attached hydrogen (secondary N) is 1. The lowest BCUT2D eigenvalue weighted by atomic mass is 10.1. The van der Waals surface area contributed by atoms with Crippen LogP contribution in [0.15, 0.2) is 18.2 Å². The van der Waals surface area contributed by atoms with E-state index in [1.165, 1.54) is 6.07 Å². The molecule has 1 aromatic carbocycles. The van der Waals surface area contributed by atoms with Gasteiger partial charge in [-0.15, -0.1) is 0 Å². The van der Waals surface area contributed by atoms with Gasteiger partial charge in [0, 0.05) is 44.0 Å². The Kier molecular flexibility index (Phi) is 7.55. The van der Waals surface area contributed by atoms with E-state index in [0.717, 1.165) is 37.1 Å². The number of hydrogen-bond acceptors (Lipinski definition) is 3. The van der Waals surface area contributed by atoms with Gasteiger partial charge in [0.1, 0.15) is 5.82 Å². The van der Waals surface area contributed by atoms with Gasteiger partial charge in [0.15, 0.2) is 0 Å². The van der Waals surface area contributed by atoms with E-state index in [9.17, 15) is 4.39 Å². The number of halogens is 1. The Morgan fingerprint density at radius 3 is 2.65 bits per heavy atom. The molecule has 0 aliphatic carbocycles. The second kappa shape index (κ2) is 8.93. The summed E-state index contributed by atoms with van der Waals surface area (Å²) in [5.41, 5.74) is 1.67. The predicted octanol–water partition coefficient (Wildman–Crippen LogP) is 2.92. The highest BCUT2D eigenvalue weighted by atomic mass is 19.1. The van der Waals surface area contributed by atoms with E-state index in [0.29, 0.717) is 12.6 Å². The van der Waals surface area contributed by atoms with Gasteiger partial charge in [-0.25, -0.2) is 4.39 Å². The summed E-state index contributed by atoms with van der Waals surface area (Å²) in [6, 6.07) is 5.57. The third-order valence-electron chi connectivity index (χ3n) is 3.34. The second-order valence-electron chi connectivity index (χ2n) is 5.48. The Morgan fingerprint density at radius 2 is 2.00 bits per heavy atom. The molecule has 0 saturated heterocycles. The summed E-state index contributed by atoms with van der Waals surface area (Å²) in [6.07, 6.45) is 2.83. The second-order valence-corrected chi connectivity index (χ2v) is 5.48. The highest BCUT2D eigenvalue weighted by Crippen LogP contribution is 2.23. The van der Waals surface area contributed by atoms with Crippen molar-refractivity contribution in [3.05, 3.63) is 29.6 Å². The van der Waals surface area contributed by atoms with Crippen molar-refractivity contribution in [3.63, 3.8) is 0 Å². The first-order chi connectivity index (χ1) is 9.56. The Morgan fingerprint density at radius 1 is 1.25 bits per heavy atom. The van der Waals surface area contributed by atoms with E-state index in [-0.39, 0.29) is 12.4 Å². The van der Waals surface area contributed by atoms with Crippen LogP contribution in [-0.2, 0) is 6.54 Å². The van der Waals surface area contributed by atoms with Crippen LogP contribution in [-0.4, -0.2) is 31.3 Å². The maximum absolute atomic E-state index is 14.0. The molecule has 3 nitrogen and oxygen atoms in total. The number of unbranched alkanes of at least 4 members (excludes halogenated alkanes) is 2. The van der Waals surface area contributed by atoms with Crippen LogP contribution in [0.5, 0.6) is 0 Å². The Bertz CT molecular complexity index is 396. The predicted molar refractivity (Wildman–Crippen MR) is 82.6 cm³/mol. The first kappa shape index (κ1) is 16.9. The minimum absolute atomic E-state index is 0.155. The fourth-order valence-electron chi connectivity index (χ4n) is 2.14. The smallest absolute Gasteiger partial charge is 0.129 e. The van der Waals surface area contributed by atoms with Gasteiger partial charge in [-0.05, 0) is 31.4 Å². The van der Waals surface area contributed by atoms with Gasteiger partial charge in [0.2, 0.25) is 0 Å². The van der Waals surface area contributed by atoms with Gasteiger partial charge in [-0.1, -0.05) is 19.9 Å². The minimum Gasteiger partial charge on any atom is -0.396 e. The molecule has 4 heteroatoms. The molecule has 1 rings (SSSR count). The molecule has 114 valence electrons. The SMILES string of the molecule is CC(C)NCc1c(F)cccc1N(C)CCCCCO. The zero-order valence-electron chi connectivity index (χ0n) is 12.8. The number of benzene rings is 1. The molecule has 0 unspecified atom stereocenters. The molecule has 0 amide bonds. The van der Waals surface area contributed by atoms with Crippen LogP contribution in [0.3, 0.4) is 0 Å². The molecule has 2 N–H and O–H groups in total. The van der Waals surface area contributed by atoms with Crippen LogP contribution in [0, 0.1) is 5.82 Å². The molecule has 0 aliphatic heterocycles. The topological polar surface area (TPSA) is 35.5 Å². The summed E-state index contributed by atoms with van der Waals surface area (Å²) < 4.78 is 14.0. The molecule has 0 aliphatic rings. The maximum Gasteiger partial charge on any atom is 0.129 e. The van der Waals surface area contributed by atoms with Gasteiger partial charge >= 0.3 is 0 Å². The van der Waals surface area contributed by atoms with E-state index in [4.69, 9.17) is 5.11 Å². The number of hydrogen-bond donors (Lipinski definition) is 2. The molecule has 0 spiro atoms. The lowest BCUT2D eigenvalue weighted by Crippen LogP contribution is -2.26. The summed E-state index contributed by atoms with van der Waals surface area (Å²) in [6.45, 7) is 5.77. The third-order valence-corrected chi connectivity index (χ3v) is 3.34. The van der Waals surface area contributed by atoms with Crippen LogP contribution in [0.2, 0.25) is 0 Å². The average molecular weight is 282 g/mol. The lowest BCUT2D eigenvalue weighted by Gasteiger charge is -2.23. The van der Waals surface area contributed by atoms with Gasteiger partial charge in [0.05, 0.1) is 0 Å². The maximum atomic E-state index is 14.0. The van der Waals surface area contributed by atoms with E-state index >= 15 is 0 Å². The van der Waals surface area contributed by atoms with Gasteiger partial charge in [-0.2, -0.15) is 0 Å². The monoisotopic (exact) mass is 282 g/mol. The molecule has 0 aromatic heterocycles. The Hall–Kier alpha value is -1.13. The minimum atomic E-state index is -0.155. The Labute approximate surface area is 121 Å². The van der Waals surface area contributed by atoms with Crippen molar-refractivity contribution in [1.82, 2.24) is 5.32 Å². The normalized spacial score (nSPS) is 11.1. The summed E-state index contributed by atoms with van der Waals surface area (Å²) in [4.78, 5) is 2.10. The van der Waals surface area contributed by atoms with E-state index < -0.39 is 0 Å². The first-order valence-corrected chi connectivity index (χ1v) is 7.39. The van der Waals surface area contributed by atoms with Crippen LogP contribution in [0.1, 0.15) is 38.7 Å². The zero-order chi connectivity index (χ0) is 15.0. The first-order valence-electron chi connectivity index (χ1n) is 7.39. The van der Waals surface area contributed by atoms with Crippen molar-refractivity contribution in [3.8, 4) is 0 Å². The molecule has 0 radical (unpaired) electrons. The van der Waals surface area contributed by atoms with Crippen molar-refractivity contribution in [2.45, 2.75) is 45.7 Å². The molecular weight excluding hydrogens is 255 g/mol. The lowest BCUT2D eigenvalue weighted by molar-refractivity contribution is 0.283. The van der Waals surface area contributed by atoms with Crippen molar-refractivity contribution >= 4 is 5.69 Å². The molecule has 0 bridgehead atoms. The van der Waals surface area contributed by atoms with E-state index in [2.05, 4.69) is 24.1 Å². The molecule has 0 saturated carbocycles. The summed E-state index contributed by atoms with van der Waals surface area (Å²) in [5.74, 6) is -0.155. The molecule has 1 aromatic rings. The third kappa shape index (κ3) is 5.47. The van der Waals surface area contributed by atoms with Crippen LogP contribution < -0.4 is 10.2 Å². The quantitative estimate of drug-likeness (QED) is 0.684. The van der Waals surface area contributed by atoms with Gasteiger partial charge in [0.25, 0.3) is 0 Å². The molecule has 0 atom stereocenters. The molecular formula is C16H27FN2O. The highest BCUT2D eigenvalue weighted by molar-refractivity contribution is 5.53. The standard InChI is InChI=1S/C16H27FN2O/c1-13(2)18-12-14-15(17)8-7-9-16(14)19(3)10-5-4-6-11-20/h7-9,13,18,20H,4-6,10-12H2,1-3H3. The van der Waals surface area contributed by atoms with Crippen molar-refractivity contribution in [2.24, 2.45) is 0 Å². The van der Waals surface area contributed by atoms with Gasteiger partial charge < -0.3 is 15.3 Å². The van der Waals surface area contributed by atoms with Crippen molar-refractivity contribution < 1.29 is 9.50 Å². The van der Waals surface area contributed by atoms with Crippen LogP contribution >= 0.6 is 0 Å². The zero-order valence-corrected chi connectivity index (χ0v) is 12.8. The summed E-state index contributed by atoms with van der Waals surface area (Å²) in [7, 11) is 1.99. The number of rotatable bonds is 9. The van der Waals surface area contributed by atoms with E-state index in [1.807, 2.05) is 13.1 Å². The fraction of sp³-hybridized carbons (Fsp3) is 0.625. The van der Waals surface area contributed by atoms with Crippen LogP contribution in [0.25, 0.3) is 0 Å². The number of nitrogens with zero attached hydrogens (tertiary/aromatic N) is 1. The van der Waals surface area contributed by atoms with E-state index in [1.54, 1.807) is 6.07 Å². The molecule has 20 heavy (non-hydrogen) atoms. The average Bonchev–Trinajstić information content (AvgIpc) is 2.41. The summed E-state index contributed by atoms with van der Waals surface area (Å²) >= 11 is 0. The van der Waals surface area contributed by atoms with Crippen molar-refractivity contribution in [2.75, 3.05) is 25.1 Å². The highest BCUT2D eigenvalue weighted by Gasteiger charge is 2.12. The largest absolute Gasteiger partial charge is 0.396 e. The number of aliphatic hydroxyl groups is 1. The van der Waals surface area contributed by atoms with Crippen molar-refractivity contribution in [1.29, 1.82) is 0 Å².